The van der Waals surface area contributed by atoms with Gasteiger partial charge >= 0.3 is 0 Å². The highest BCUT2D eigenvalue weighted by Crippen LogP contribution is 2.42. The topological polar surface area (TPSA) is 58.6 Å². The van der Waals surface area contributed by atoms with Crippen LogP contribution in [0.1, 0.15) is 38.7 Å². The lowest BCUT2D eigenvalue weighted by molar-refractivity contribution is -0.123. The predicted molar refractivity (Wildman–Crippen MR) is 137 cm³/mol. The zero-order chi connectivity index (χ0) is 23.5. The van der Waals surface area contributed by atoms with Crippen molar-refractivity contribution in [3.05, 3.63) is 57.4 Å². The van der Waals surface area contributed by atoms with Gasteiger partial charge in [0.2, 0.25) is 5.91 Å². The van der Waals surface area contributed by atoms with Gasteiger partial charge in [-0.2, -0.15) is 0 Å². The number of benzene rings is 2. The Balaban J connectivity index is 1.57. The monoisotopic (exact) mass is 528 g/mol. The van der Waals surface area contributed by atoms with Crippen LogP contribution in [-0.4, -0.2) is 31.5 Å². The molecule has 33 heavy (non-hydrogen) atoms. The van der Waals surface area contributed by atoms with Gasteiger partial charge in [-0.25, -0.2) is 0 Å². The predicted octanol–water partition coefficient (Wildman–Crippen LogP) is 5.88. The van der Waals surface area contributed by atoms with Crippen LogP contribution in [0, 0.1) is 11.8 Å². The van der Waals surface area contributed by atoms with Gasteiger partial charge < -0.3 is 10.1 Å². The molecule has 1 aliphatic carbocycles. The van der Waals surface area contributed by atoms with Crippen molar-refractivity contribution in [2.75, 3.05) is 18.6 Å². The Bertz CT molecular complexity index is 1090. The maximum absolute atomic E-state index is 13.5. The Morgan fingerprint density at radius 3 is 2.79 bits per heavy atom. The molecule has 0 aromatic heterocycles. The molecule has 0 saturated heterocycles. The first-order chi connectivity index (χ1) is 15.9. The SMILES string of the molecule is COc1ccc(/C=C2/Sc3ccccc3N(CC(=O)NC3CCCC(C)C3C)C2=O)cc1Br. The summed E-state index contributed by atoms with van der Waals surface area (Å²) in [4.78, 5) is 29.6. The van der Waals surface area contributed by atoms with Gasteiger partial charge in [0.1, 0.15) is 12.3 Å². The summed E-state index contributed by atoms with van der Waals surface area (Å²) in [6.07, 6.45) is 5.19. The van der Waals surface area contributed by atoms with Crippen LogP contribution in [0.4, 0.5) is 5.69 Å². The third kappa shape index (κ3) is 5.30. The fourth-order valence-corrected chi connectivity index (χ4v) is 6.14. The van der Waals surface area contributed by atoms with E-state index in [9.17, 15) is 9.59 Å². The number of nitrogens with one attached hydrogen (secondary N) is 1. The van der Waals surface area contributed by atoms with Gasteiger partial charge in [-0.15, -0.1) is 0 Å². The number of ether oxygens (including phenoxy) is 1. The van der Waals surface area contributed by atoms with Crippen molar-refractivity contribution in [2.45, 2.75) is 44.0 Å². The molecule has 0 radical (unpaired) electrons. The molecule has 2 aromatic rings. The second kappa shape index (κ2) is 10.3. The van der Waals surface area contributed by atoms with E-state index in [1.165, 1.54) is 18.2 Å². The van der Waals surface area contributed by atoms with Crippen molar-refractivity contribution in [3.8, 4) is 5.75 Å². The van der Waals surface area contributed by atoms with Crippen LogP contribution in [-0.2, 0) is 9.59 Å². The molecule has 1 saturated carbocycles. The third-order valence-corrected chi connectivity index (χ3v) is 8.36. The van der Waals surface area contributed by atoms with Gasteiger partial charge in [0, 0.05) is 10.9 Å². The molecule has 3 atom stereocenters. The fraction of sp³-hybridized carbons (Fsp3) is 0.385. The number of carbonyl (C=O) groups is 2. The molecular weight excluding hydrogens is 500 g/mol. The van der Waals surface area contributed by atoms with Crippen LogP contribution in [0.15, 0.2) is 56.7 Å². The number of hydrogen-bond donors (Lipinski definition) is 1. The highest BCUT2D eigenvalue weighted by Gasteiger charge is 2.32. The van der Waals surface area contributed by atoms with Crippen molar-refractivity contribution in [1.82, 2.24) is 5.32 Å². The quantitative estimate of drug-likeness (QED) is 0.492. The Morgan fingerprint density at radius 2 is 2.03 bits per heavy atom. The average molecular weight is 530 g/mol. The van der Waals surface area contributed by atoms with Gasteiger partial charge in [0.25, 0.3) is 5.91 Å². The number of carbonyl (C=O) groups excluding carboxylic acids is 2. The molecule has 1 heterocycles. The summed E-state index contributed by atoms with van der Waals surface area (Å²) >= 11 is 4.94. The van der Waals surface area contributed by atoms with Crippen molar-refractivity contribution < 1.29 is 14.3 Å². The van der Waals surface area contributed by atoms with E-state index >= 15 is 0 Å². The molecule has 1 fully saturated rings. The number of halogens is 1. The first-order valence-electron chi connectivity index (χ1n) is 11.3. The van der Waals surface area contributed by atoms with Crippen LogP contribution in [0.5, 0.6) is 5.75 Å². The molecule has 5 nitrogen and oxygen atoms in total. The molecule has 7 heteroatoms. The number of rotatable bonds is 5. The summed E-state index contributed by atoms with van der Waals surface area (Å²) in [5.74, 6) is 1.49. The molecule has 3 unspecified atom stereocenters. The molecule has 4 rings (SSSR count). The van der Waals surface area contributed by atoms with E-state index in [-0.39, 0.29) is 24.4 Å². The van der Waals surface area contributed by atoms with Crippen LogP contribution < -0.4 is 15.0 Å². The van der Waals surface area contributed by atoms with Crippen molar-refractivity contribution in [3.63, 3.8) is 0 Å². The number of fused-ring (bicyclic) bond motifs is 1. The van der Waals surface area contributed by atoms with Gasteiger partial charge in [-0.3, -0.25) is 14.5 Å². The maximum Gasteiger partial charge on any atom is 0.265 e. The van der Waals surface area contributed by atoms with E-state index in [1.54, 1.807) is 12.0 Å². The van der Waals surface area contributed by atoms with E-state index < -0.39 is 0 Å². The highest BCUT2D eigenvalue weighted by molar-refractivity contribution is 9.10. The molecule has 0 spiro atoms. The van der Waals surface area contributed by atoms with Crippen LogP contribution in [0.25, 0.3) is 6.08 Å². The lowest BCUT2D eigenvalue weighted by atomic mass is 9.78. The standard InChI is InChI=1S/C26H29BrN2O3S/c1-16-7-6-8-20(17(16)2)28-25(30)15-29-21-9-4-5-10-23(21)33-24(26(29)31)14-18-11-12-22(32-3)19(27)13-18/h4-5,9-14,16-17,20H,6-8,15H2,1-3H3,(H,28,30)/b24-14+. The second-order valence-corrected chi connectivity index (χ2v) is 10.7. The highest BCUT2D eigenvalue weighted by atomic mass is 79.9. The van der Waals surface area contributed by atoms with Crippen LogP contribution >= 0.6 is 27.7 Å². The number of nitrogens with zero attached hydrogens (tertiary/aromatic N) is 1. The summed E-state index contributed by atoms with van der Waals surface area (Å²) in [5.41, 5.74) is 1.66. The minimum atomic E-state index is -0.161. The van der Waals surface area contributed by atoms with Gasteiger partial charge in [0.05, 0.1) is 22.2 Å². The molecular formula is C26H29BrN2O3S. The number of methoxy groups -OCH3 is 1. The van der Waals surface area contributed by atoms with E-state index in [4.69, 9.17) is 4.74 Å². The molecule has 2 aromatic carbocycles. The minimum Gasteiger partial charge on any atom is -0.496 e. The fourth-order valence-electron chi connectivity index (χ4n) is 4.52. The Hall–Kier alpha value is -2.25. The Labute approximate surface area is 208 Å². The van der Waals surface area contributed by atoms with Gasteiger partial charge in [0.15, 0.2) is 0 Å². The second-order valence-electron chi connectivity index (χ2n) is 8.80. The molecule has 2 amide bonds. The van der Waals surface area contributed by atoms with Crippen molar-refractivity contribution in [2.24, 2.45) is 11.8 Å². The smallest absolute Gasteiger partial charge is 0.265 e. The summed E-state index contributed by atoms with van der Waals surface area (Å²) in [7, 11) is 1.62. The van der Waals surface area contributed by atoms with E-state index in [1.807, 2.05) is 48.5 Å². The summed E-state index contributed by atoms with van der Waals surface area (Å²) in [6, 6.07) is 13.6. The third-order valence-electron chi connectivity index (χ3n) is 6.66. The Morgan fingerprint density at radius 1 is 1.24 bits per heavy atom. The summed E-state index contributed by atoms with van der Waals surface area (Å²) < 4.78 is 6.12. The number of amides is 2. The maximum atomic E-state index is 13.5. The van der Waals surface area contributed by atoms with Gasteiger partial charge in [-0.05, 0) is 70.1 Å². The van der Waals surface area contributed by atoms with E-state index in [2.05, 4.69) is 35.1 Å². The molecule has 1 aliphatic heterocycles. The average Bonchev–Trinajstić information content (AvgIpc) is 2.80. The normalized spacial score (nSPS) is 23.9. The zero-order valence-electron chi connectivity index (χ0n) is 19.1. The lowest BCUT2D eigenvalue weighted by Crippen LogP contribution is -2.49. The minimum absolute atomic E-state index is 0.0116. The summed E-state index contributed by atoms with van der Waals surface area (Å²) in [6.45, 7) is 4.47. The van der Waals surface area contributed by atoms with Crippen LogP contribution in [0.2, 0.25) is 0 Å². The molecule has 174 valence electrons. The van der Waals surface area contributed by atoms with Crippen molar-refractivity contribution >= 4 is 51.3 Å². The first kappa shape index (κ1) is 23.9. The van der Waals surface area contributed by atoms with Crippen LogP contribution in [0.3, 0.4) is 0 Å². The van der Waals surface area contributed by atoms with Crippen molar-refractivity contribution in [1.29, 1.82) is 0 Å². The van der Waals surface area contributed by atoms with E-state index in [0.29, 0.717) is 16.7 Å². The lowest BCUT2D eigenvalue weighted by Gasteiger charge is -2.35. The summed E-state index contributed by atoms with van der Waals surface area (Å²) in [5, 5.41) is 3.20. The number of thioether (sulfide) groups is 1. The Kier molecular flexibility index (Phi) is 7.49. The number of hydrogen-bond acceptors (Lipinski definition) is 4. The zero-order valence-corrected chi connectivity index (χ0v) is 21.5. The number of anilines is 1. The molecule has 1 N–H and O–H groups in total. The van der Waals surface area contributed by atoms with E-state index in [0.717, 1.165) is 39.2 Å². The number of para-hydroxylation sites is 1. The first-order valence-corrected chi connectivity index (χ1v) is 12.9. The largest absolute Gasteiger partial charge is 0.496 e. The molecule has 2 aliphatic rings. The van der Waals surface area contributed by atoms with Gasteiger partial charge in [-0.1, -0.05) is 56.7 Å². The molecule has 0 bridgehead atoms.